The highest BCUT2D eigenvalue weighted by Crippen LogP contribution is 2.31. The molecule has 0 saturated carbocycles. The molecule has 1 N–H and O–H groups in total. The van der Waals surface area contributed by atoms with Gasteiger partial charge in [-0.05, 0) is 0 Å². The second-order valence-corrected chi connectivity index (χ2v) is 3.46. The van der Waals surface area contributed by atoms with Crippen LogP contribution in [0.5, 0.6) is 0 Å². The standard InChI is InChI=1S/C6H11BrO2/c1-6(3-9-4-6)5(8)2-7/h5,8H,2-4H2,1H3. The molecular formula is C6H11BrO2. The second kappa shape index (κ2) is 2.56. The lowest BCUT2D eigenvalue weighted by Crippen LogP contribution is -2.49. The van der Waals surface area contributed by atoms with E-state index in [0.717, 1.165) is 0 Å². The molecule has 0 bridgehead atoms. The molecule has 1 rings (SSSR count). The van der Waals surface area contributed by atoms with Gasteiger partial charge in [0.1, 0.15) is 0 Å². The molecule has 1 aliphatic heterocycles. The Labute approximate surface area is 63.3 Å². The summed E-state index contributed by atoms with van der Waals surface area (Å²) in [4.78, 5) is 0. The molecule has 0 aromatic heterocycles. The molecule has 54 valence electrons. The van der Waals surface area contributed by atoms with Crippen LogP contribution >= 0.6 is 15.9 Å². The van der Waals surface area contributed by atoms with Gasteiger partial charge in [-0.25, -0.2) is 0 Å². The lowest BCUT2D eigenvalue weighted by molar-refractivity contribution is -0.153. The van der Waals surface area contributed by atoms with Gasteiger partial charge in [0, 0.05) is 10.7 Å². The van der Waals surface area contributed by atoms with E-state index in [1.807, 2.05) is 6.92 Å². The van der Waals surface area contributed by atoms with E-state index in [9.17, 15) is 5.11 Å². The fourth-order valence-electron chi connectivity index (χ4n) is 0.803. The predicted molar refractivity (Wildman–Crippen MR) is 38.7 cm³/mol. The fourth-order valence-corrected chi connectivity index (χ4v) is 1.58. The highest BCUT2D eigenvalue weighted by atomic mass is 79.9. The van der Waals surface area contributed by atoms with Crippen LogP contribution in [-0.4, -0.2) is 29.8 Å². The highest BCUT2D eigenvalue weighted by Gasteiger charge is 2.39. The van der Waals surface area contributed by atoms with Gasteiger partial charge in [0.2, 0.25) is 0 Å². The first kappa shape index (κ1) is 7.51. The average molecular weight is 195 g/mol. The third-order valence-electron chi connectivity index (χ3n) is 1.81. The van der Waals surface area contributed by atoms with E-state index >= 15 is 0 Å². The van der Waals surface area contributed by atoms with Gasteiger partial charge in [-0.15, -0.1) is 0 Å². The van der Waals surface area contributed by atoms with E-state index in [1.165, 1.54) is 0 Å². The van der Waals surface area contributed by atoms with Gasteiger partial charge in [-0.1, -0.05) is 22.9 Å². The van der Waals surface area contributed by atoms with Crippen LogP contribution in [0.2, 0.25) is 0 Å². The van der Waals surface area contributed by atoms with Crippen LogP contribution in [0.1, 0.15) is 6.92 Å². The molecule has 0 aliphatic carbocycles. The van der Waals surface area contributed by atoms with E-state index in [-0.39, 0.29) is 11.5 Å². The minimum atomic E-state index is -0.258. The Morgan fingerprint density at radius 3 is 2.44 bits per heavy atom. The molecule has 1 fully saturated rings. The monoisotopic (exact) mass is 194 g/mol. The Bertz CT molecular complexity index is 101. The van der Waals surface area contributed by atoms with Crippen molar-refractivity contribution >= 4 is 15.9 Å². The lowest BCUT2D eigenvalue weighted by Gasteiger charge is -2.41. The van der Waals surface area contributed by atoms with Gasteiger partial charge in [-0.2, -0.15) is 0 Å². The molecule has 2 nitrogen and oxygen atoms in total. The molecule has 1 atom stereocenters. The van der Waals surface area contributed by atoms with Crippen molar-refractivity contribution in [3.8, 4) is 0 Å². The summed E-state index contributed by atoms with van der Waals surface area (Å²) in [5.41, 5.74) is 0.0174. The zero-order valence-electron chi connectivity index (χ0n) is 5.43. The summed E-state index contributed by atoms with van der Waals surface area (Å²) in [6, 6.07) is 0. The Morgan fingerprint density at radius 1 is 1.78 bits per heavy atom. The third kappa shape index (κ3) is 1.28. The van der Waals surface area contributed by atoms with Crippen molar-refractivity contribution in [2.75, 3.05) is 18.5 Å². The van der Waals surface area contributed by atoms with Gasteiger partial charge >= 0.3 is 0 Å². The molecule has 1 unspecified atom stereocenters. The summed E-state index contributed by atoms with van der Waals surface area (Å²) in [6.45, 7) is 3.42. The summed E-state index contributed by atoms with van der Waals surface area (Å²) in [5.74, 6) is 0. The number of ether oxygens (including phenoxy) is 1. The molecule has 0 aromatic rings. The predicted octanol–water partition coefficient (Wildman–Crippen LogP) is 0.779. The SMILES string of the molecule is CC1(C(O)CBr)COC1. The highest BCUT2D eigenvalue weighted by molar-refractivity contribution is 9.09. The van der Waals surface area contributed by atoms with Crippen molar-refractivity contribution in [3.05, 3.63) is 0 Å². The van der Waals surface area contributed by atoms with Crippen molar-refractivity contribution in [1.82, 2.24) is 0 Å². The van der Waals surface area contributed by atoms with E-state index in [1.54, 1.807) is 0 Å². The van der Waals surface area contributed by atoms with Crippen molar-refractivity contribution in [1.29, 1.82) is 0 Å². The number of alkyl halides is 1. The maximum Gasteiger partial charge on any atom is 0.0734 e. The van der Waals surface area contributed by atoms with Crippen molar-refractivity contribution in [2.24, 2.45) is 5.41 Å². The van der Waals surface area contributed by atoms with E-state index in [2.05, 4.69) is 15.9 Å². The first-order chi connectivity index (χ1) is 4.19. The number of aliphatic hydroxyl groups is 1. The van der Waals surface area contributed by atoms with Crippen LogP contribution < -0.4 is 0 Å². The van der Waals surface area contributed by atoms with E-state index in [0.29, 0.717) is 18.5 Å². The zero-order chi connectivity index (χ0) is 6.91. The number of rotatable bonds is 2. The Balaban J connectivity index is 2.38. The Hall–Kier alpha value is 0.400. The van der Waals surface area contributed by atoms with Crippen LogP contribution in [0.4, 0.5) is 0 Å². The summed E-state index contributed by atoms with van der Waals surface area (Å²) < 4.78 is 4.98. The quantitative estimate of drug-likeness (QED) is 0.659. The van der Waals surface area contributed by atoms with E-state index in [4.69, 9.17) is 4.74 Å². The molecule has 0 amide bonds. The third-order valence-corrected chi connectivity index (χ3v) is 2.43. The second-order valence-electron chi connectivity index (χ2n) is 2.82. The van der Waals surface area contributed by atoms with Crippen LogP contribution in [0.25, 0.3) is 0 Å². The smallest absolute Gasteiger partial charge is 0.0734 e. The molecule has 1 saturated heterocycles. The number of hydrogen-bond acceptors (Lipinski definition) is 2. The molecule has 1 heterocycles. The van der Waals surface area contributed by atoms with Gasteiger partial charge < -0.3 is 9.84 Å². The molecule has 3 heteroatoms. The summed E-state index contributed by atoms with van der Waals surface area (Å²) in [5, 5.41) is 9.96. The molecule has 0 spiro atoms. The topological polar surface area (TPSA) is 29.5 Å². The fraction of sp³-hybridized carbons (Fsp3) is 1.00. The zero-order valence-corrected chi connectivity index (χ0v) is 7.02. The number of hydrogen-bond donors (Lipinski definition) is 1. The molecule has 0 aromatic carbocycles. The summed E-state index contributed by atoms with van der Waals surface area (Å²) >= 11 is 3.22. The van der Waals surface area contributed by atoms with Crippen molar-refractivity contribution < 1.29 is 9.84 Å². The Kier molecular flexibility index (Phi) is 2.14. The summed E-state index contributed by atoms with van der Waals surface area (Å²) in [7, 11) is 0. The van der Waals surface area contributed by atoms with Crippen LogP contribution in [0, 0.1) is 5.41 Å². The Morgan fingerprint density at radius 2 is 2.33 bits per heavy atom. The minimum absolute atomic E-state index is 0.0174. The summed E-state index contributed by atoms with van der Waals surface area (Å²) in [6.07, 6.45) is -0.258. The van der Waals surface area contributed by atoms with Crippen LogP contribution in [0.3, 0.4) is 0 Å². The first-order valence-electron chi connectivity index (χ1n) is 3.01. The van der Waals surface area contributed by atoms with E-state index < -0.39 is 0 Å². The average Bonchev–Trinajstić information content (AvgIpc) is 1.81. The first-order valence-corrected chi connectivity index (χ1v) is 4.13. The van der Waals surface area contributed by atoms with Crippen molar-refractivity contribution in [3.63, 3.8) is 0 Å². The maximum absolute atomic E-state index is 9.31. The molecule has 1 aliphatic rings. The number of aliphatic hydroxyl groups excluding tert-OH is 1. The molecular weight excluding hydrogens is 184 g/mol. The lowest BCUT2D eigenvalue weighted by atomic mass is 9.83. The maximum atomic E-state index is 9.31. The van der Waals surface area contributed by atoms with Gasteiger partial charge in [0.25, 0.3) is 0 Å². The normalized spacial score (nSPS) is 27.0. The minimum Gasteiger partial charge on any atom is -0.392 e. The van der Waals surface area contributed by atoms with Gasteiger partial charge in [0.15, 0.2) is 0 Å². The molecule has 0 radical (unpaired) electrons. The largest absolute Gasteiger partial charge is 0.392 e. The van der Waals surface area contributed by atoms with Crippen molar-refractivity contribution in [2.45, 2.75) is 13.0 Å². The van der Waals surface area contributed by atoms with Crippen LogP contribution in [-0.2, 0) is 4.74 Å². The van der Waals surface area contributed by atoms with Gasteiger partial charge in [-0.3, -0.25) is 0 Å². The molecule has 9 heavy (non-hydrogen) atoms. The van der Waals surface area contributed by atoms with Gasteiger partial charge in [0.05, 0.1) is 19.3 Å². The number of halogens is 1. The van der Waals surface area contributed by atoms with Crippen LogP contribution in [0.15, 0.2) is 0 Å².